The number of nitrogens with zero attached hydrogens (tertiary/aromatic N) is 4. The Morgan fingerprint density at radius 1 is 0.433 bits per heavy atom. The summed E-state index contributed by atoms with van der Waals surface area (Å²) in [4.78, 5) is 78.2. The van der Waals surface area contributed by atoms with Gasteiger partial charge in [0.15, 0.2) is 0 Å². The molecule has 15 aromatic rings. The summed E-state index contributed by atoms with van der Waals surface area (Å²) in [5, 5.41) is 53.7. The third-order valence-corrected chi connectivity index (χ3v) is 21.1. The van der Waals surface area contributed by atoms with Gasteiger partial charge in [-0.2, -0.15) is 0 Å². The first-order valence-corrected chi connectivity index (χ1v) is 42.3. The van der Waals surface area contributed by atoms with E-state index in [9.17, 15) is 54.2 Å². The number of rotatable bonds is 24. The van der Waals surface area contributed by atoms with Crippen LogP contribution in [0.15, 0.2) is 274 Å². The number of H-pyrrole nitrogens is 3. The number of phenolic OH excluding ortho intramolecular Hbond substituents is 2. The number of Topliss-reactive ketones (excluding diaryl/α,β-unsaturated/α-hetero) is 1. The number of carbonyl (C=O) groups is 3. The van der Waals surface area contributed by atoms with E-state index in [1.54, 1.807) is 57.2 Å². The van der Waals surface area contributed by atoms with Crippen LogP contribution in [0.5, 0.6) is 40.2 Å². The van der Waals surface area contributed by atoms with E-state index < -0.39 is 23.8 Å². The summed E-state index contributed by atoms with van der Waals surface area (Å²) in [7, 11) is 1.59. The Bertz CT molecular complexity index is 6440. The molecule has 28 heteroatoms. The number of nitro groups is 3. The second-order valence-electron chi connectivity index (χ2n) is 31.1. The first kappa shape index (κ1) is 104. The van der Waals surface area contributed by atoms with Crippen molar-refractivity contribution >= 4 is 86.0 Å². The number of aromatic nitrogens is 3. The molecule has 26 nitrogen and oxygen atoms in total. The Hall–Kier alpha value is -15.6. The standard InChI is InChI=1S/C20H22N2O3.C19H17NO4.C19H19NO3.C16H15NO.C15H15NO3.C8H9NO3.C8H10O.CH3F.ClH.H2O/c1-16-13-19(22(23)24)18(9-12-21-10-5-6-11-21)14-20(16)25-15-17-7-3-2-4-8-17;1-12-8-16-14(15(10-20-16)18(21)19(22)23-2)9-17(12)24-11-13-6-4-3-5-7-13;1-13-8-17-16(15(11-20-17)9-19(21)22-2)10-18(13)23-12-14-6-4-3-5-7-14;1-12-9-15-14(7-8-17-15)10-16(12)18-11-13-5-3-2-4-6-13;1-11-9-15(12(2)8-14(11)16(17)18)19-10-13-6-4-3-5-7-13;1-5-4-8(10)6(2)3-7(5)9(11)12;1-6-3-4-7(2)8(9)5-6;1-2;;/h2-4,7-9,12-14H,5-6,10-11,15H2,1H3;3-10,20H,11H2,1-2H3;3-8,10-11,20H,9,12H2,1-2H3;2-10,17H,11H2,1H3;3-9H,10H2,1-2H3;3-4,10H,1-2H3;3-5,9H,1-2H3;1H3;1H;1H2/b12-9+;;;;;;;;;/i;;;;;;;1D;;. The molecule has 0 unspecified atom stereocenters. The van der Waals surface area contributed by atoms with Crippen molar-refractivity contribution in [3.63, 3.8) is 0 Å². The molecule has 1 aliphatic heterocycles. The van der Waals surface area contributed by atoms with Crippen LogP contribution in [0, 0.1) is 99.6 Å². The predicted octanol–water partition coefficient (Wildman–Crippen LogP) is 23.7. The van der Waals surface area contributed by atoms with Crippen LogP contribution in [-0.4, -0.2) is 102 Å². The molecule has 134 heavy (non-hydrogen) atoms. The average Bonchev–Trinajstić information content (AvgIpc) is 1.62. The van der Waals surface area contributed by atoms with Gasteiger partial charge in [-0.25, -0.2) is 4.79 Å². The normalized spacial score (nSPS) is 10.9. The van der Waals surface area contributed by atoms with Gasteiger partial charge in [0, 0.05) is 93.7 Å². The fraction of sp³-hybridized carbons (Fsp3) is 0.217. The predicted molar refractivity (Wildman–Crippen MR) is 525 cm³/mol. The number of ketones is 1. The summed E-state index contributed by atoms with van der Waals surface area (Å²) in [6.07, 6.45) is 11.7. The van der Waals surface area contributed by atoms with Crippen LogP contribution >= 0.6 is 12.4 Å². The number of hydrogen-bond acceptors (Lipinski definition) is 19. The van der Waals surface area contributed by atoms with Gasteiger partial charge in [0.25, 0.3) is 22.8 Å². The second-order valence-corrected chi connectivity index (χ2v) is 31.1. The lowest BCUT2D eigenvalue weighted by molar-refractivity contribution is -0.385. The Balaban J connectivity index is 0.000000217. The SMILES string of the molecule is COC(=O)C(=O)c1c[nH]c2cc(C)c(OCc3ccccc3)cc12.COC(=O)Cc1c[nH]c2cc(C)c(OCc3ccccc3)cc12.Cc1cc([N+](=O)[O-])c(/C=C/N2CCCC2)cc1OCc1ccccc1.Cc1cc([N+](=O)[O-])c(C)cc1O.Cc1cc([N+](=O)[O-])c(C)cc1OCc1ccccc1.Cc1cc2[nH]ccc2cc1OCc1ccccc1.Cc1ccc(C)c(O)c1.Cl.O.[2H]CF. The van der Waals surface area contributed by atoms with E-state index >= 15 is 0 Å². The topological polar surface area (TPSA) is 368 Å². The van der Waals surface area contributed by atoms with Gasteiger partial charge in [-0.1, -0.05) is 164 Å². The van der Waals surface area contributed by atoms with Gasteiger partial charge in [0.2, 0.25) is 0 Å². The number of aryl methyl sites for hydroxylation is 10. The number of carbonyl (C=O) groups excluding carboxylic acids is 3. The summed E-state index contributed by atoms with van der Waals surface area (Å²) >= 11 is 0. The molecule has 0 amide bonds. The summed E-state index contributed by atoms with van der Waals surface area (Å²) in [6, 6.07) is 78.8. The lowest BCUT2D eigenvalue weighted by Crippen LogP contribution is -2.15. The fourth-order valence-electron chi connectivity index (χ4n) is 13.7. The molecule has 12 aromatic carbocycles. The molecular weight excluding hydrogens is 1730 g/mol. The van der Waals surface area contributed by atoms with Gasteiger partial charge in [0.05, 0.1) is 55.1 Å². The van der Waals surface area contributed by atoms with Crippen molar-refractivity contribution in [2.45, 2.75) is 122 Å². The molecule has 0 radical (unpaired) electrons. The molecule has 0 aliphatic carbocycles. The maximum absolute atomic E-state index is 12.1. The number of phenols is 2. The number of likely N-dealkylation sites (tertiary alicyclic amines) is 1. The van der Waals surface area contributed by atoms with Crippen molar-refractivity contribution in [1.29, 1.82) is 0 Å². The zero-order valence-electron chi connectivity index (χ0n) is 77.8. The maximum atomic E-state index is 12.1. The Labute approximate surface area is 785 Å². The van der Waals surface area contributed by atoms with Gasteiger partial charge in [0.1, 0.15) is 73.3 Å². The van der Waals surface area contributed by atoms with E-state index in [2.05, 4.69) is 61.8 Å². The van der Waals surface area contributed by atoms with Crippen molar-refractivity contribution in [2.24, 2.45) is 0 Å². The lowest BCUT2D eigenvalue weighted by atomic mass is 10.1. The molecule has 16 rings (SSSR count). The Morgan fingerprint density at radius 2 is 0.813 bits per heavy atom. The number of aromatic amines is 3. The van der Waals surface area contributed by atoms with Crippen LogP contribution in [-0.2, 0) is 58.5 Å². The minimum atomic E-state index is -1.00. The Kier molecular flexibility index (Phi) is 41.0. The highest BCUT2D eigenvalue weighted by Gasteiger charge is 2.23. The van der Waals surface area contributed by atoms with Crippen molar-refractivity contribution < 1.29 is 83.8 Å². The molecule has 700 valence electrons. The van der Waals surface area contributed by atoms with Gasteiger partial charge in [-0.05, 0) is 239 Å². The summed E-state index contributed by atoms with van der Waals surface area (Å²) in [5.41, 5.74) is 18.8. The zero-order chi connectivity index (χ0) is 96.0. The fourth-order valence-corrected chi connectivity index (χ4v) is 13.7. The maximum Gasteiger partial charge on any atom is 0.379 e. The molecular formula is C106H113ClFN7O19. The smallest absolute Gasteiger partial charge is 0.379 e. The van der Waals surface area contributed by atoms with Crippen LogP contribution in [0.4, 0.5) is 21.5 Å². The largest absolute Gasteiger partial charge is 0.508 e. The van der Waals surface area contributed by atoms with E-state index in [0.717, 1.165) is 113 Å². The first-order valence-electron chi connectivity index (χ1n) is 43.0. The number of nitro benzene ring substituents is 3. The van der Waals surface area contributed by atoms with E-state index in [0.29, 0.717) is 83.7 Å². The van der Waals surface area contributed by atoms with Gasteiger partial charge in [-0.15, -0.1) is 12.4 Å². The quantitative estimate of drug-likeness (QED) is 0.0123. The molecule has 1 aliphatic rings. The number of halogens is 2. The van der Waals surface area contributed by atoms with E-state index in [1.165, 1.54) is 56.3 Å². The number of methoxy groups -OCH3 is 2. The van der Waals surface area contributed by atoms with Crippen molar-refractivity contribution in [1.82, 2.24) is 19.9 Å². The lowest BCUT2D eigenvalue weighted by Gasteiger charge is -2.12. The number of fused-ring (bicyclic) bond motifs is 3. The number of benzene rings is 12. The summed E-state index contributed by atoms with van der Waals surface area (Å²) in [5.74, 6) is 2.47. The molecule has 0 bridgehead atoms. The average molecular weight is 1840 g/mol. The number of ether oxygens (including phenoxy) is 7. The number of nitrogens with one attached hydrogen (secondary N) is 3. The van der Waals surface area contributed by atoms with Crippen LogP contribution in [0.1, 0.15) is 119 Å². The molecule has 0 spiro atoms. The molecule has 0 atom stereocenters. The highest BCUT2D eigenvalue weighted by molar-refractivity contribution is 6.43. The highest BCUT2D eigenvalue weighted by Crippen LogP contribution is 2.35. The minimum Gasteiger partial charge on any atom is -0.508 e. The monoisotopic (exact) mass is 1840 g/mol. The number of alkyl halides is 1. The van der Waals surface area contributed by atoms with E-state index in [-0.39, 0.29) is 68.5 Å². The molecule has 3 aromatic heterocycles. The molecule has 7 N–H and O–H groups in total. The Morgan fingerprint density at radius 3 is 1.25 bits per heavy atom. The number of hydrogen-bond donors (Lipinski definition) is 5. The van der Waals surface area contributed by atoms with Crippen LogP contribution in [0.2, 0.25) is 0 Å². The van der Waals surface area contributed by atoms with E-state index in [1.807, 2.05) is 236 Å². The van der Waals surface area contributed by atoms with Crippen LogP contribution < -0.4 is 23.7 Å². The van der Waals surface area contributed by atoms with Gasteiger partial charge >= 0.3 is 11.9 Å². The first-order chi connectivity index (χ1) is 63.9. The van der Waals surface area contributed by atoms with Crippen molar-refractivity contribution in [3.8, 4) is 40.2 Å². The number of aromatic hydroxyl groups is 2. The molecule has 4 heterocycles. The zero-order valence-corrected chi connectivity index (χ0v) is 77.7. The molecule has 1 fully saturated rings. The summed E-state index contributed by atoms with van der Waals surface area (Å²) < 4.78 is 54.1. The van der Waals surface area contributed by atoms with Crippen LogP contribution in [0.3, 0.4) is 0 Å². The van der Waals surface area contributed by atoms with E-state index in [4.69, 9.17) is 34.9 Å². The van der Waals surface area contributed by atoms with Crippen molar-refractivity contribution in [2.75, 3.05) is 34.5 Å². The van der Waals surface area contributed by atoms with Gasteiger partial charge < -0.3 is 68.7 Å². The van der Waals surface area contributed by atoms with Gasteiger partial charge in [-0.3, -0.25) is 44.3 Å². The number of esters is 2. The summed E-state index contributed by atoms with van der Waals surface area (Å²) in [6.45, 7) is 22.9. The third kappa shape index (κ3) is 31.3. The minimum absolute atomic E-state index is 0. The second kappa shape index (κ2) is 52.9. The van der Waals surface area contributed by atoms with Crippen molar-refractivity contribution in [3.05, 3.63) is 404 Å². The molecule has 0 saturated carbocycles. The molecule has 1 saturated heterocycles. The third-order valence-electron chi connectivity index (χ3n) is 21.1. The highest BCUT2D eigenvalue weighted by atomic mass is 35.5. The van der Waals surface area contributed by atoms with Crippen LogP contribution in [0.25, 0.3) is 38.8 Å².